The second-order valence-corrected chi connectivity index (χ2v) is 2.57. The first-order chi connectivity index (χ1) is 4.00. The van der Waals surface area contributed by atoms with Crippen LogP contribution in [0.15, 0.2) is 0 Å². The van der Waals surface area contributed by atoms with E-state index < -0.39 is 20.8 Å². The number of hydrogen-bond donors (Lipinski definition) is 2. The number of hydrogen-bond acceptors (Lipinski definition) is 6. The van der Waals surface area contributed by atoms with Gasteiger partial charge in [-0.1, -0.05) is 0 Å². The summed E-state index contributed by atoms with van der Waals surface area (Å²) in [5.74, 6) is 0. The summed E-state index contributed by atoms with van der Waals surface area (Å²) in [4.78, 5) is 0. The minimum Gasteiger partial charge on any atom is -1.00 e. The summed E-state index contributed by atoms with van der Waals surface area (Å²) >= 11 is 0. The molecule has 0 atom stereocenters. The molecule has 0 spiro atoms. The van der Waals surface area contributed by atoms with Gasteiger partial charge in [0.2, 0.25) is 0 Å². The van der Waals surface area contributed by atoms with Crippen LogP contribution in [0.1, 0.15) is 0 Å². The van der Waals surface area contributed by atoms with Crippen LogP contribution in [0.2, 0.25) is 0 Å². The molecule has 0 fully saturated rings. The Morgan fingerprint density at radius 2 is 0.917 bits per heavy atom. The van der Waals surface area contributed by atoms with Crippen LogP contribution in [-0.2, 0) is 20.8 Å². The fraction of sp³-hybridized carbons (Fsp3) is 0. The maximum absolute atomic E-state index is 8.74. The number of halogens is 1. The Bertz CT molecular complexity index is 213. The summed E-state index contributed by atoms with van der Waals surface area (Å²) in [5, 5.41) is 0. The number of rotatable bonds is 0. The van der Waals surface area contributed by atoms with Gasteiger partial charge in [0.25, 0.3) is 0 Å². The van der Waals surface area contributed by atoms with Crippen LogP contribution in [0.5, 0.6) is 0 Å². The standard InChI is InChI=1S/Al.ClH.2H2O4S/c;;2*1-5(2,3)4/h;1H;2*(H2,1,2,3,4)/q+3;;;/p-3. The molecule has 0 aliphatic heterocycles. The van der Waals surface area contributed by atoms with E-state index in [1.165, 1.54) is 0 Å². The van der Waals surface area contributed by atoms with E-state index in [2.05, 4.69) is 0 Å². The third-order valence-electron chi connectivity index (χ3n) is 0. The predicted molar refractivity (Wildman–Crippen MR) is 30.4 cm³/mol. The van der Waals surface area contributed by atoms with Crippen molar-refractivity contribution in [1.29, 1.82) is 0 Å². The van der Waals surface area contributed by atoms with Crippen molar-refractivity contribution in [2.45, 2.75) is 0 Å². The average molecular weight is 257 g/mol. The molecule has 72 valence electrons. The summed E-state index contributed by atoms with van der Waals surface area (Å²) in [5.41, 5.74) is 0. The van der Waals surface area contributed by atoms with Crippen molar-refractivity contribution < 1.29 is 47.5 Å². The summed E-state index contributed by atoms with van der Waals surface area (Å²) < 4.78 is 65.7. The van der Waals surface area contributed by atoms with Crippen molar-refractivity contribution in [2.24, 2.45) is 0 Å². The van der Waals surface area contributed by atoms with E-state index in [9.17, 15) is 0 Å². The molecule has 0 saturated carbocycles. The molecule has 0 bridgehead atoms. The predicted octanol–water partition coefficient (Wildman–Crippen LogP) is -5.37. The Morgan fingerprint density at radius 3 is 0.917 bits per heavy atom. The van der Waals surface area contributed by atoms with Crippen molar-refractivity contribution in [3.05, 3.63) is 0 Å². The molecular weight excluding hydrogens is 255 g/mol. The summed E-state index contributed by atoms with van der Waals surface area (Å²) in [6, 6.07) is 0. The fourth-order valence-corrected chi connectivity index (χ4v) is 0. The van der Waals surface area contributed by atoms with Crippen molar-refractivity contribution in [1.82, 2.24) is 0 Å². The Labute approximate surface area is 85.7 Å². The molecule has 8 nitrogen and oxygen atoms in total. The van der Waals surface area contributed by atoms with Gasteiger partial charge in [0.05, 0.1) is 0 Å². The van der Waals surface area contributed by atoms with Crippen LogP contribution in [0, 0.1) is 0 Å². The van der Waals surface area contributed by atoms with Gasteiger partial charge in [0.1, 0.15) is 0 Å². The zero-order valence-corrected chi connectivity index (χ0v) is 8.66. The minimum absolute atomic E-state index is 0. The van der Waals surface area contributed by atoms with Crippen molar-refractivity contribution in [3.8, 4) is 0 Å². The van der Waals surface area contributed by atoms with Crippen LogP contribution in [-0.4, -0.2) is 52.4 Å². The van der Waals surface area contributed by atoms with Crippen molar-refractivity contribution in [2.75, 3.05) is 0 Å². The van der Waals surface area contributed by atoms with Gasteiger partial charge in [0.15, 0.2) is 0 Å². The topological polar surface area (TPSA) is 155 Å². The van der Waals surface area contributed by atoms with Crippen LogP contribution < -0.4 is 12.4 Å². The molecule has 2 N–H and O–H groups in total. The first kappa shape index (κ1) is 22.9. The average Bonchev–Trinajstić information content (AvgIpc) is 1.12. The van der Waals surface area contributed by atoms with Crippen LogP contribution >= 0.6 is 0 Å². The fourth-order valence-electron chi connectivity index (χ4n) is 0. The summed E-state index contributed by atoms with van der Waals surface area (Å²) in [6.07, 6.45) is 0. The third-order valence-corrected chi connectivity index (χ3v) is 0. The molecule has 0 amide bonds. The molecular formula is H2AlClO8S2. The van der Waals surface area contributed by atoms with Crippen LogP contribution in [0.4, 0.5) is 0 Å². The van der Waals surface area contributed by atoms with Crippen LogP contribution in [0.3, 0.4) is 0 Å². The van der Waals surface area contributed by atoms with Gasteiger partial charge in [-0.05, 0) is 0 Å². The SMILES string of the molecule is O=S(=O)(O)O.O=S(=O)([O-])[O-].[Al+3].[Cl-]. The van der Waals surface area contributed by atoms with Crippen molar-refractivity contribution in [3.63, 3.8) is 0 Å². The molecule has 12 heteroatoms. The van der Waals surface area contributed by atoms with Gasteiger partial charge < -0.3 is 21.5 Å². The third kappa shape index (κ3) is 3050. The summed E-state index contributed by atoms with van der Waals surface area (Å²) in [7, 11) is -9.83. The van der Waals surface area contributed by atoms with E-state index in [4.69, 9.17) is 35.0 Å². The van der Waals surface area contributed by atoms with Gasteiger partial charge in [0, 0.05) is 10.4 Å². The first-order valence-corrected chi connectivity index (χ1v) is 4.10. The maximum Gasteiger partial charge on any atom is 3.00 e. The molecule has 0 aliphatic carbocycles. The molecule has 0 aromatic rings. The molecule has 0 aromatic heterocycles. The zero-order valence-electron chi connectivity index (χ0n) is 5.12. The van der Waals surface area contributed by atoms with E-state index in [0.29, 0.717) is 0 Å². The summed E-state index contributed by atoms with van der Waals surface area (Å²) in [6.45, 7) is 0. The maximum atomic E-state index is 8.74. The molecule has 0 aliphatic rings. The normalized spacial score (nSPS) is 9.67. The molecule has 0 radical (unpaired) electrons. The van der Waals surface area contributed by atoms with E-state index in [1.807, 2.05) is 0 Å². The first-order valence-electron chi connectivity index (χ1n) is 1.37. The second kappa shape index (κ2) is 8.17. The Hall–Kier alpha value is 0.562. The molecule has 0 unspecified atom stereocenters. The Morgan fingerprint density at radius 1 is 0.917 bits per heavy atom. The largest absolute Gasteiger partial charge is 3.00 e. The monoisotopic (exact) mass is 256 g/mol. The van der Waals surface area contributed by atoms with Gasteiger partial charge >= 0.3 is 27.8 Å². The van der Waals surface area contributed by atoms with Crippen molar-refractivity contribution >= 4 is 38.2 Å². The quantitative estimate of drug-likeness (QED) is 0.247. The minimum atomic E-state index is -5.17. The molecule has 0 heterocycles. The van der Waals surface area contributed by atoms with E-state index >= 15 is 0 Å². The molecule has 12 heavy (non-hydrogen) atoms. The Balaban J connectivity index is -0.0000000457. The smallest absolute Gasteiger partial charge is 1.00 e. The van der Waals surface area contributed by atoms with E-state index in [-0.39, 0.29) is 29.8 Å². The Kier molecular flexibility index (Phi) is 15.6. The zero-order chi connectivity index (χ0) is 9.00. The van der Waals surface area contributed by atoms with E-state index in [0.717, 1.165) is 0 Å². The molecule has 0 aromatic carbocycles. The van der Waals surface area contributed by atoms with E-state index in [1.54, 1.807) is 0 Å². The van der Waals surface area contributed by atoms with Gasteiger partial charge in [-0.2, -0.15) is 8.42 Å². The van der Waals surface area contributed by atoms with Gasteiger partial charge in [-0.25, -0.2) is 0 Å². The van der Waals surface area contributed by atoms with Crippen LogP contribution in [0.25, 0.3) is 0 Å². The van der Waals surface area contributed by atoms with Gasteiger partial charge in [-0.15, -0.1) is 0 Å². The second-order valence-electron chi connectivity index (χ2n) is 0.856. The molecule has 0 saturated heterocycles. The van der Waals surface area contributed by atoms with Gasteiger partial charge in [-0.3, -0.25) is 17.5 Å². The molecule has 0 rings (SSSR count).